The molecule has 0 N–H and O–H groups in total. The molecule has 1 rings (SSSR count). The summed E-state index contributed by atoms with van der Waals surface area (Å²) in [7, 11) is 0. The number of esters is 1. The van der Waals surface area contributed by atoms with Crippen molar-refractivity contribution in [3.05, 3.63) is 0 Å². The van der Waals surface area contributed by atoms with E-state index in [0.29, 0.717) is 12.3 Å². The average Bonchev–Trinajstić information content (AvgIpc) is 2.09. The molecular formula is C15H28O2. The van der Waals surface area contributed by atoms with E-state index in [1.807, 2.05) is 0 Å². The lowest BCUT2D eigenvalue weighted by Gasteiger charge is -2.48. The molecule has 0 radical (unpaired) electrons. The highest BCUT2D eigenvalue weighted by molar-refractivity contribution is 5.69. The Morgan fingerprint density at radius 1 is 1.18 bits per heavy atom. The molecule has 100 valence electrons. The van der Waals surface area contributed by atoms with E-state index in [0.717, 1.165) is 12.8 Å². The van der Waals surface area contributed by atoms with Crippen LogP contribution in [0.1, 0.15) is 67.2 Å². The lowest BCUT2D eigenvalue weighted by atomic mass is 9.63. The van der Waals surface area contributed by atoms with E-state index in [1.54, 1.807) is 0 Å². The zero-order chi connectivity index (χ0) is 13.3. The zero-order valence-electron chi connectivity index (χ0n) is 12.3. The van der Waals surface area contributed by atoms with Crippen molar-refractivity contribution in [2.75, 3.05) is 0 Å². The fourth-order valence-corrected chi connectivity index (χ4v) is 3.15. The number of hydrogen-bond donors (Lipinski definition) is 0. The Balaban J connectivity index is 2.73. The molecule has 0 aromatic heterocycles. The van der Waals surface area contributed by atoms with Gasteiger partial charge in [-0.05, 0) is 18.8 Å². The molecule has 0 saturated heterocycles. The van der Waals surface area contributed by atoms with E-state index < -0.39 is 0 Å². The van der Waals surface area contributed by atoms with Crippen molar-refractivity contribution < 1.29 is 9.53 Å². The lowest BCUT2D eigenvalue weighted by molar-refractivity contribution is -0.172. The van der Waals surface area contributed by atoms with Gasteiger partial charge >= 0.3 is 5.97 Å². The number of carbonyl (C=O) groups is 1. The second-order valence-electron chi connectivity index (χ2n) is 7.30. The molecule has 0 bridgehead atoms. The molecule has 1 saturated carbocycles. The Kier molecular flexibility index (Phi) is 4.27. The van der Waals surface area contributed by atoms with Gasteiger partial charge in [0, 0.05) is 17.3 Å². The third kappa shape index (κ3) is 3.72. The fraction of sp³-hybridized carbons (Fsp3) is 0.933. The molecule has 2 heteroatoms. The summed E-state index contributed by atoms with van der Waals surface area (Å²) in [5.74, 6) is 0.338. The molecule has 0 aromatic rings. The first-order valence-electron chi connectivity index (χ1n) is 6.84. The van der Waals surface area contributed by atoms with Crippen LogP contribution in [-0.2, 0) is 9.53 Å². The van der Waals surface area contributed by atoms with E-state index in [4.69, 9.17) is 4.74 Å². The molecule has 0 amide bonds. The molecule has 2 nitrogen and oxygen atoms in total. The number of ether oxygens (including phenoxy) is 1. The fourth-order valence-electron chi connectivity index (χ4n) is 3.15. The van der Waals surface area contributed by atoms with Crippen molar-refractivity contribution in [3.8, 4) is 0 Å². The van der Waals surface area contributed by atoms with E-state index in [-0.39, 0.29) is 22.9 Å². The quantitative estimate of drug-likeness (QED) is 0.692. The number of rotatable bonds is 3. The van der Waals surface area contributed by atoms with Gasteiger partial charge in [0.05, 0.1) is 0 Å². The molecule has 0 heterocycles. The van der Waals surface area contributed by atoms with E-state index in [9.17, 15) is 4.79 Å². The smallest absolute Gasteiger partial charge is 0.306 e. The van der Waals surface area contributed by atoms with E-state index >= 15 is 0 Å². The molecule has 0 unspecified atom stereocenters. The Morgan fingerprint density at radius 2 is 1.65 bits per heavy atom. The summed E-state index contributed by atoms with van der Waals surface area (Å²) in [6.45, 7) is 13.0. The Labute approximate surface area is 106 Å². The van der Waals surface area contributed by atoms with Crippen LogP contribution < -0.4 is 0 Å². The predicted molar refractivity (Wildman–Crippen MR) is 70.7 cm³/mol. The highest BCUT2D eigenvalue weighted by Gasteiger charge is 2.46. The predicted octanol–water partition coefficient (Wildman–Crippen LogP) is 4.18. The van der Waals surface area contributed by atoms with Crippen LogP contribution in [0.3, 0.4) is 0 Å². The van der Waals surface area contributed by atoms with Crippen LogP contribution in [0.5, 0.6) is 0 Å². The first-order valence-corrected chi connectivity index (χ1v) is 6.84. The van der Waals surface area contributed by atoms with Crippen LogP contribution >= 0.6 is 0 Å². The van der Waals surface area contributed by atoms with Gasteiger partial charge in [-0.3, -0.25) is 4.79 Å². The average molecular weight is 240 g/mol. The summed E-state index contributed by atoms with van der Waals surface area (Å²) in [6.07, 6.45) is 4.11. The monoisotopic (exact) mass is 240 g/mol. The summed E-state index contributed by atoms with van der Waals surface area (Å²) in [5, 5.41) is 0. The molecular weight excluding hydrogens is 212 g/mol. The summed E-state index contributed by atoms with van der Waals surface area (Å²) in [6, 6.07) is 0. The van der Waals surface area contributed by atoms with E-state index in [2.05, 4.69) is 41.5 Å². The zero-order valence-corrected chi connectivity index (χ0v) is 12.3. The maximum Gasteiger partial charge on any atom is 0.306 e. The van der Waals surface area contributed by atoms with Gasteiger partial charge in [0.1, 0.15) is 6.10 Å². The maximum absolute atomic E-state index is 11.9. The third-order valence-electron chi connectivity index (χ3n) is 3.89. The first-order chi connectivity index (χ1) is 7.65. The largest absolute Gasteiger partial charge is 0.461 e. The minimum Gasteiger partial charge on any atom is -0.461 e. The highest BCUT2D eigenvalue weighted by atomic mass is 16.5. The summed E-state index contributed by atoms with van der Waals surface area (Å²) in [5.41, 5.74) is 0.211. The topological polar surface area (TPSA) is 26.3 Å². The standard InChI is InChI=1S/C15H28O2/c1-11(2)10-12(16)17-13-14(3,4)8-7-9-15(13,5)6/h11,13H,7-10H2,1-6H3. The first kappa shape index (κ1) is 14.5. The molecule has 1 aliphatic carbocycles. The van der Waals surface area contributed by atoms with Crippen LogP contribution in [0, 0.1) is 16.7 Å². The van der Waals surface area contributed by atoms with Gasteiger partial charge in [0.25, 0.3) is 0 Å². The highest BCUT2D eigenvalue weighted by Crippen LogP contribution is 2.47. The summed E-state index contributed by atoms with van der Waals surface area (Å²) < 4.78 is 5.79. The molecule has 0 aliphatic heterocycles. The van der Waals surface area contributed by atoms with Crippen LogP contribution in [0.4, 0.5) is 0 Å². The van der Waals surface area contributed by atoms with Crippen molar-refractivity contribution in [1.82, 2.24) is 0 Å². The number of hydrogen-bond acceptors (Lipinski definition) is 2. The van der Waals surface area contributed by atoms with Gasteiger partial charge in [-0.2, -0.15) is 0 Å². The number of carbonyl (C=O) groups excluding carboxylic acids is 1. The summed E-state index contributed by atoms with van der Waals surface area (Å²) >= 11 is 0. The van der Waals surface area contributed by atoms with Gasteiger partial charge in [-0.25, -0.2) is 0 Å². The maximum atomic E-state index is 11.9. The third-order valence-corrected chi connectivity index (χ3v) is 3.89. The Bertz CT molecular complexity index is 261. The lowest BCUT2D eigenvalue weighted by Crippen LogP contribution is -2.48. The van der Waals surface area contributed by atoms with Crippen LogP contribution in [-0.4, -0.2) is 12.1 Å². The normalized spacial score (nSPS) is 23.7. The SMILES string of the molecule is CC(C)CC(=O)OC1C(C)(C)CCCC1(C)C. The summed E-state index contributed by atoms with van der Waals surface area (Å²) in [4.78, 5) is 11.9. The van der Waals surface area contributed by atoms with Crippen molar-refractivity contribution in [1.29, 1.82) is 0 Å². The van der Waals surface area contributed by atoms with Crippen LogP contribution in [0.2, 0.25) is 0 Å². The van der Waals surface area contributed by atoms with Gasteiger partial charge < -0.3 is 4.74 Å². The molecule has 17 heavy (non-hydrogen) atoms. The van der Waals surface area contributed by atoms with E-state index in [1.165, 1.54) is 6.42 Å². The van der Waals surface area contributed by atoms with Crippen LogP contribution in [0.25, 0.3) is 0 Å². The van der Waals surface area contributed by atoms with Gasteiger partial charge in [-0.1, -0.05) is 48.0 Å². The molecule has 0 atom stereocenters. The van der Waals surface area contributed by atoms with Crippen molar-refractivity contribution in [2.45, 2.75) is 73.3 Å². The minimum absolute atomic E-state index is 0.0342. The van der Waals surface area contributed by atoms with Crippen molar-refractivity contribution >= 4 is 5.97 Å². The second kappa shape index (κ2) is 4.99. The van der Waals surface area contributed by atoms with Gasteiger partial charge in [0.2, 0.25) is 0 Å². The Morgan fingerprint density at radius 3 is 2.06 bits per heavy atom. The van der Waals surface area contributed by atoms with Gasteiger partial charge in [-0.15, -0.1) is 0 Å². The molecule has 1 aliphatic rings. The van der Waals surface area contributed by atoms with Gasteiger partial charge in [0.15, 0.2) is 0 Å². The molecule has 0 spiro atoms. The minimum atomic E-state index is -0.0342. The van der Waals surface area contributed by atoms with Crippen LogP contribution in [0.15, 0.2) is 0 Å². The molecule has 1 fully saturated rings. The van der Waals surface area contributed by atoms with Crippen molar-refractivity contribution in [2.24, 2.45) is 16.7 Å². The second-order valence-corrected chi connectivity index (χ2v) is 7.30. The Hall–Kier alpha value is -0.530. The van der Waals surface area contributed by atoms with Crippen molar-refractivity contribution in [3.63, 3.8) is 0 Å². The molecule has 0 aromatic carbocycles.